The van der Waals surface area contributed by atoms with Crippen molar-refractivity contribution in [2.45, 2.75) is 24.2 Å². The Kier molecular flexibility index (Phi) is 2.75. The van der Waals surface area contributed by atoms with Crippen LogP contribution in [0.25, 0.3) is 0 Å². The van der Waals surface area contributed by atoms with Gasteiger partial charge in [0.25, 0.3) is 0 Å². The van der Waals surface area contributed by atoms with Crippen LogP contribution in [0.5, 0.6) is 0 Å². The molecule has 0 aliphatic heterocycles. The monoisotopic (exact) mass is 238 g/mol. The molecule has 0 bridgehead atoms. The van der Waals surface area contributed by atoms with Crippen LogP contribution in [0, 0.1) is 0 Å². The smallest absolute Gasteiger partial charge is 0.213 e. The van der Waals surface area contributed by atoms with Crippen LogP contribution in [0.1, 0.15) is 0 Å². The summed E-state index contributed by atoms with van der Waals surface area (Å²) in [4.78, 5) is 0. The third kappa shape index (κ3) is 1.73. The van der Waals surface area contributed by atoms with Gasteiger partial charge in [-0.3, -0.25) is 0 Å². The first kappa shape index (κ1) is 13.3. The Morgan fingerprint density at radius 2 is 0.500 bits per heavy atom. The standard InChI is InChI=1S/C4F10/c5-1(2(6,7)8,3(9,10)11)4(12,13)14. The number of hydrogen-bond acceptors (Lipinski definition) is 0. The molecule has 0 unspecified atom stereocenters. The van der Waals surface area contributed by atoms with E-state index in [1.165, 1.54) is 0 Å². The van der Waals surface area contributed by atoms with Crippen molar-refractivity contribution >= 4 is 0 Å². The van der Waals surface area contributed by atoms with E-state index in [1.54, 1.807) is 0 Å². The van der Waals surface area contributed by atoms with Gasteiger partial charge in [-0.1, -0.05) is 0 Å². The Bertz CT molecular complexity index is 166. The molecule has 0 N–H and O–H groups in total. The highest BCUT2D eigenvalue weighted by molar-refractivity contribution is 5.00. The van der Waals surface area contributed by atoms with Gasteiger partial charge in [-0.05, 0) is 0 Å². The van der Waals surface area contributed by atoms with E-state index in [0.29, 0.717) is 0 Å². The summed E-state index contributed by atoms with van der Waals surface area (Å²) in [6.07, 6.45) is -21.3. The lowest BCUT2D eigenvalue weighted by molar-refractivity contribution is -0.422. The maximum absolute atomic E-state index is 11.9. The number of rotatable bonds is 0. The molecule has 0 saturated carbocycles. The summed E-state index contributed by atoms with van der Waals surface area (Å²) in [6, 6.07) is 0. The fourth-order valence-corrected chi connectivity index (χ4v) is 0.482. The topological polar surface area (TPSA) is 0 Å². The third-order valence-corrected chi connectivity index (χ3v) is 1.17. The summed E-state index contributed by atoms with van der Waals surface area (Å²) in [5, 5.41) is 0. The molecule has 0 rings (SSSR count). The van der Waals surface area contributed by atoms with E-state index in [9.17, 15) is 43.9 Å². The van der Waals surface area contributed by atoms with Crippen molar-refractivity contribution < 1.29 is 43.9 Å². The van der Waals surface area contributed by atoms with Gasteiger partial charge in [0.1, 0.15) is 0 Å². The molecule has 0 aliphatic rings. The van der Waals surface area contributed by atoms with Gasteiger partial charge >= 0.3 is 24.2 Å². The molecule has 0 aromatic carbocycles. The second-order valence-electron chi connectivity index (χ2n) is 2.15. The molecule has 0 atom stereocenters. The zero-order valence-corrected chi connectivity index (χ0v) is 5.78. The molecule has 86 valence electrons. The van der Waals surface area contributed by atoms with Gasteiger partial charge in [0.15, 0.2) is 0 Å². The average Bonchev–Trinajstić information content (AvgIpc) is 1.77. The summed E-state index contributed by atoms with van der Waals surface area (Å²) >= 11 is 0. The lowest BCUT2D eigenvalue weighted by atomic mass is 10.1. The van der Waals surface area contributed by atoms with Crippen molar-refractivity contribution in [3.8, 4) is 0 Å². The molecule has 0 heterocycles. The van der Waals surface area contributed by atoms with E-state index >= 15 is 0 Å². The highest BCUT2D eigenvalue weighted by atomic mass is 19.4. The Balaban J connectivity index is 5.54. The molecule has 0 amide bonds. The van der Waals surface area contributed by atoms with Crippen molar-refractivity contribution in [3.05, 3.63) is 0 Å². The predicted octanol–water partition coefficient (Wildman–Crippen LogP) is 3.38. The average molecular weight is 238 g/mol. The van der Waals surface area contributed by atoms with Crippen LogP contribution in [0.4, 0.5) is 43.9 Å². The normalized spacial score (nSPS) is 15.9. The van der Waals surface area contributed by atoms with Crippen molar-refractivity contribution in [2.75, 3.05) is 0 Å². The highest BCUT2D eigenvalue weighted by Gasteiger charge is 2.85. The largest absolute Gasteiger partial charge is 0.440 e. The Morgan fingerprint density at radius 3 is 0.500 bits per heavy atom. The molecule has 0 aliphatic carbocycles. The van der Waals surface area contributed by atoms with Crippen LogP contribution in [0.15, 0.2) is 0 Å². The predicted molar refractivity (Wildman–Crippen MR) is 22.0 cm³/mol. The van der Waals surface area contributed by atoms with Gasteiger partial charge in [0, 0.05) is 0 Å². The molecular weight excluding hydrogens is 238 g/mol. The molecule has 0 nitrogen and oxygen atoms in total. The van der Waals surface area contributed by atoms with Gasteiger partial charge in [0.05, 0.1) is 0 Å². The molecule has 0 radical (unpaired) electrons. The molecule has 0 fully saturated rings. The minimum Gasteiger partial charge on any atom is -0.213 e. The summed E-state index contributed by atoms with van der Waals surface area (Å²) < 4.78 is 113. The van der Waals surface area contributed by atoms with Gasteiger partial charge in [-0.2, -0.15) is 39.5 Å². The van der Waals surface area contributed by atoms with Crippen LogP contribution >= 0.6 is 0 Å². The minimum atomic E-state index is -7.19. The summed E-state index contributed by atoms with van der Waals surface area (Å²) in [5.41, 5.74) is -7.19. The lowest BCUT2D eigenvalue weighted by Crippen LogP contribution is -2.62. The maximum Gasteiger partial charge on any atom is 0.440 e. The molecular formula is C4F10. The van der Waals surface area contributed by atoms with E-state index < -0.39 is 24.2 Å². The van der Waals surface area contributed by atoms with E-state index in [1.807, 2.05) is 0 Å². The zero-order valence-electron chi connectivity index (χ0n) is 5.78. The highest BCUT2D eigenvalue weighted by Crippen LogP contribution is 2.54. The van der Waals surface area contributed by atoms with Crippen LogP contribution in [0.3, 0.4) is 0 Å². The second-order valence-corrected chi connectivity index (χ2v) is 2.15. The van der Waals surface area contributed by atoms with Crippen molar-refractivity contribution in [1.29, 1.82) is 0 Å². The quantitative estimate of drug-likeness (QED) is 0.567. The molecule has 0 aromatic heterocycles. The van der Waals surface area contributed by atoms with Crippen molar-refractivity contribution in [1.82, 2.24) is 0 Å². The van der Waals surface area contributed by atoms with Crippen molar-refractivity contribution in [2.24, 2.45) is 0 Å². The SMILES string of the molecule is FC(F)(F)C(F)(C(F)(F)F)C(F)(F)F. The Morgan fingerprint density at radius 1 is 0.357 bits per heavy atom. The molecule has 10 heteroatoms. The van der Waals surface area contributed by atoms with Gasteiger partial charge in [-0.25, -0.2) is 4.39 Å². The number of halogens is 10. The first-order valence-electron chi connectivity index (χ1n) is 2.64. The van der Waals surface area contributed by atoms with Gasteiger partial charge in [-0.15, -0.1) is 0 Å². The third-order valence-electron chi connectivity index (χ3n) is 1.17. The van der Waals surface area contributed by atoms with Crippen LogP contribution in [-0.2, 0) is 0 Å². The minimum absolute atomic E-state index is 7.09. The van der Waals surface area contributed by atoms with E-state index in [-0.39, 0.29) is 0 Å². The van der Waals surface area contributed by atoms with Crippen LogP contribution in [0.2, 0.25) is 0 Å². The second kappa shape index (κ2) is 2.89. The first-order chi connectivity index (χ1) is 5.75. The lowest BCUT2D eigenvalue weighted by Gasteiger charge is -2.31. The number of hydrogen-bond donors (Lipinski definition) is 0. The molecule has 0 saturated heterocycles. The summed E-state index contributed by atoms with van der Waals surface area (Å²) in [6.45, 7) is 0. The van der Waals surface area contributed by atoms with Gasteiger partial charge < -0.3 is 0 Å². The molecule has 0 aromatic rings. The maximum atomic E-state index is 11.9. The molecule has 0 spiro atoms. The van der Waals surface area contributed by atoms with Crippen LogP contribution < -0.4 is 0 Å². The van der Waals surface area contributed by atoms with E-state index in [0.717, 1.165) is 0 Å². The summed E-state index contributed by atoms with van der Waals surface area (Å²) in [5.74, 6) is 0. The fraction of sp³-hybridized carbons (Fsp3) is 1.00. The van der Waals surface area contributed by atoms with Crippen molar-refractivity contribution in [3.63, 3.8) is 0 Å². The first-order valence-corrected chi connectivity index (χ1v) is 2.64. The number of alkyl halides is 10. The van der Waals surface area contributed by atoms with E-state index in [4.69, 9.17) is 0 Å². The fourth-order valence-electron chi connectivity index (χ4n) is 0.482. The Hall–Kier alpha value is -0.700. The van der Waals surface area contributed by atoms with Crippen LogP contribution in [-0.4, -0.2) is 24.2 Å². The Labute approximate surface area is 69.5 Å². The zero-order chi connectivity index (χ0) is 12.0. The molecule has 14 heavy (non-hydrogen) atoms. The summed E-state index contributed by atoms with van der Waals surface area (Å²) in [7, 11) is 0. The van der Waals surface area contributed by atoms with Gasteiger partial charge in [0.2, 0.25) is 0 Å². The van der Waals surface area contributed by atoms with E-state index in [2.05, 4.69) is 0 Å².